The van der Waals surface area contributed by atoms with Gasteiger partial charge in [-0.25, -0.2) is 0 Å². The molecule has 20 heavy (non-hydrogen) atoms. The molecular weight excluding hydrogens is 250 g/mol. The number of nitrogens with one attached hydrogen (secondary N) is 1. The van der Waals surface area contributed by atoms with Gasteiger partial charge in [-0.1, -0.05) is 13.8 Å². The lowest BCUT2D eigenvalue weighted by Crippen LogP contribution is -2.49. The largest absolute Gasteiger partial charge is 0.340 e. The van der Waals surface area contributed by atoms with Crippen LogP contribution in [0.2, 0.25) is 0 Å². The minimum Gasteiger partial charge on any atom is -0.340 e. The number of piperazine rings is 1. The van der Waals surface area contributed by atoms with Crippen LogP contribution in [0.25, 0.3) is 0 Å². The highest BCUT2D eigenvalue weighted by atomic mass is 16.2. The van der Waals surface area contributed by atoms with Gasteiger partial charge in [0.1, 0.15) is 0 Å². The van der Waals surface area contributed by atoms with Crippen LogP contribution in [0.1, 0.15) is 39.5 Å². The molecule has 2 aliphatic heterocycles. The van der Waals surface area contributed by atoms with Crippen molar-refractivity contribution in [3.05, 3.63) is 0 Å². The van der Waals surface area contributed by atoms with Crippen molar-refractivity contribution in [2.24, 2.45) is 11.8 Å². The van der Waals surface area contributed by atoms with E-state index >= 15 is 0 Å². The van der Waals surface area contributed by atoms with Crippen molar-refractivity contribution in [1.29, 1.82) is 0 Å². The van der Waals surface area contributed by atoms with E-state index in [2.05, 4.69) is 29.0 Å². The molecule has 0 aromatic heterocycles. The third-order valence-corrected chi connectivity index (χ3v) is 4.68. The van der Waals surface area contributed by atoms with Gasteiger partial charge in [0.05, 0.1) is 0 Å². The van der Waals surface area contributed by atoms with Crippen LogP contribution < -0.4 is 5.32 Å². The Morgan fingerprint density at radius 2 is 2.00 bits per heavy atom. The van der Waals surface area contributed by atoms with Crippen LogP contribution in [-0.2, 0) is 4.79 Å². The van der Waals surface area contributed by atoms with Gasteiger partial charge in [0.25, 0.3) is 0 Å². The maximum atomic E-state index is 12.2. The van der Waals surface area contributed by atoms with E-state index in [1.807, 2.05) is 0 Å². The fraction of sp³-hybridized carbons (Fsp3) is 0.938. The Labute approximate surface area is 123 Å². The van der Waals surface area contributed by atoms with Crippen LogP contribution in [0, 0.1) is 11.8 Å². The molecule has 2 rings (SSSR count). The summed E-state index contributed by atoms with van der Waals surface area (Å²) in [5, 5.41) is 3.37. The molecule has 2 heterocycles. The maximum absolute atomic E-state index is 12.2. The Bertz CT molecular complexity index is 292. The lowest BCUT2D eigenvalue weighted by molar-refractivity contribution is -0.133. The second-order valence-corrected chi connectivity index (χ2v) is 6.80. The molecule has 116 valence electrons. The fourth-order valence-corrected chi connectivity index (χ4v) is 3.11. The van der Waals surface area contributed by atoms with Gasteiger partial charge in [-0.2, -0.15) is 0 Å². The van der Waals surface area contributed by atoms with Crippen LogP contribution >= 0.6 is 0 Å². The first-order valence-electron chi connectivity index (χ1n) is 8.36. The van der Waals surface area contributed by atoms with Crippen LogP contribution in [0.5, 0.6) is 0 Å². The molecule has 1 N–H and O–H groups in total. The third kappa shape index (κ3) is 5.06. The predicted molar refractivity (Wildman–Crippen MR) is 82.7 cm³/mol. The Morgan fingerprint density at radius 3 is 2.60 bits per heavy atom. The van der Waals surface area contributed by atoms with E-state index in [0.29, 0.717) is 5.91 Å². The molecule has 0 radical (unpaired) electrons. The first-order chi connectivity index (χ1) is 9.65. The average molecular weight is 281 g/mol. The van der Waals surface area contributed by atoms with E-state index in [4.69, 9.17) is 0 Å². The minimum absolute atomic E-state index is 0.375. The first-order valence-corrected chi connectivity index (χ1v) is 8.36. The number of hydrogen-bond acceptors (Lipinski definition) is 3. The zero-order chi connectivity index (χ0) is 14.4. The molecule has 0 aromatic carbocycles. The molecule has 0 saturated carbocycles. The van der Waals surface area contributed by atoms with Gasteiger partial charge in [-0.15, -0.1) is 0 Å². The third-order valence-electron chi connectivity index (χ3n) is 4.68. The van der Waals surface area contributed by atoms with Crippen molar-refractivity contribution in [3.63, 3.8) is 0 Å². The molecule has 1 unspecified atom stereocenters. The normalized spacial score (nSPS) is 24.6. The molecule has 0 spiro atoms. The van der Waals surface area contributed by atoms with E-state index in [0.717, 1.165) is 63.9 Å². The van der Waals surface area contributed by atoms with Crippen molar-refractivity contribution in [2.45, 2.75) is 39.5 Å². The summed E-state index contributed by atoms with van der Waals surface area (Å²) in [6.07, 6.45) is 4.33. The maximum Gasteiger partial charge on any atom is 0.222 e. The minimum atomic E-state index is 0.375. The zero-order valence-corrected chi connectivity index (χ0v) is 13.2. The molecule has 2 aliphatic rings. The van der Waals surface area contributed by atoms with Crippen molar-refractivity contribution in [2.75, 3.05) is 45.8 Å². The summed E-state index contributed by atoms with van der Waals surface area (Å²) in [4.78, 5) is 16.8. The van der Waals surface area contributed by atoms with Crippen molar-refractivity contribution in [1.82, 2.24) is 15.1 Å². The molecule has 0 bridgehead atoms. The standard InChI is InChI=1S/C16H31N3O/c1-14(2)6-8-18-9-11-19(12-10-18)16(20)4-3-15-5-7-17-13-15/h14-15,17H,3-13H2,1-2H3. The van der Waals surface area contributed by atoms with E-state index < -0.39 is 0 Å². The van der Waals surface area contributed by atoms with Gasteiger partial charge >= 0.3 is 0 Å². The number of nitrogens with zero attached hydrogens (tertiary/aromatic N) is 2. The zero-order valence-electron chi connectivity index (χ0n) is 13.2. The van der Waals surface area contributed by atoms with E-state index in [-0.39, 0.29) is 0 Å². The van der Waals surface area contributed by atoms with E-state index in [1.54, 1.807) is 0 Å². The molecule has 2 saturated heterocycles. The molecule has 1 amide bonds. The van der Waals surface area contributed by atoms with Crippen LogP contribution in [0.4, 0.5) is 0 Å². The highest BCUT2D eigenvalue weighted by molar-refractivity contribution is 5.76. The second-order valence-electron chi connectivity index (χ2n) is 6.80. The van der Waals surface area contributed by atoms with Crippen LogP contribution in [0.15, 0.2) is 0 Å². The van der Waals surface area contributed by atoms with Gasteiger partial charge in [-0.3, -0.25) is 9.69 Å². The monoisotopic (exact) mass is 281 g/mol. The molecule has 4 heteroatoms. The highest BCUT2D eigenvalue weighted by Gasteiger charge is 2.22. The number of carbonyl (C=O) groups is 1. The Kier molecular flexibility index (Phi) is 6.30. The van der Waals surface area contributed by atoms with Gasteiger partial charge in [0.2, 0.25) is 5.91 Å². The van der Waals surface area contributed by atoms with Gasteiger partial charge < -0.3 is 10.2 Å². The summed E-state index contributed by atoms with van der Waals surface area (Å²) in [7, 11) is 0. The molecule has 0 aromatic rings. The number of amides is 1. The first kappa shape index (κ1) is 15.8. The second kappa shape index (κ2) is 7.99. The predicted octanol–water partition coefficient (Wildman–Crippen LogP) is 1.57. The van der Waals surface area contributed by atoms with Gasteiger partial charge in [-0.05, 0) is 50.7 Å². The van der Waals surface area contributed by atoms with Gasteiger partial charge in [0.15, 0.2) is 0 Å². The number of carbonyl (C=O) groups excluding carboxylic acids is 1. The number of hydrogen-bond donors (Lipinski definition) is 1. The quantitative estimate of drug-likeness (QED) is 0.803. The summed E-state index contributed by atoms with van der Waals surface area (Å²) >= 11 is 0. The topological polar surface area (TPSA) is 35.6 Å². The Balaban J connectivity index is 1.61. The average Bonchev–Trinajstić information content (AvgIpc) is 2.96. The lowest BCUT2D eigenvalue weighted by Gasteiger charge is -2.35. The summed E-state index contributed by atoms with van der Waals surface area (Å²) in [6.45, 7) is 12.0. The van der Waals surface area contributed by atoms with Crippen LogP contribution in [0.3, 0.4) is 0 Å². The molecular formula is C16H31N3O. The van der Waals surface area contributed by atoms with Crippen molar-refractivity contribution >= 4 is 5.91 Å². The van der Waals surface area contributed by atoms with E-state index in [1.165, 1.54) is 19.4 Å². The van der Waals surface area contributed by atoms with E-state index in [9.17, 15) is 4.79 Å². The number of rotatable bonds is 6. The van der Waals surface area contributed by atoms with Crippen molar-refractivity contribution < 1.29 is 4.79 Å². The Morgan fingerprint density at radius 1 is 1.25 bits per heavy atom. The SMILES string of the molecule is CC(C)CCN1CCN(C(=O)CCC2CCNC2)CC1. The van der Waals surface area contributed by atoms with Crippen LogP contribution in [-0.4, -0.2) is 61.5 Å². The summed E-state index contributed by atoms with van der Waals surface area (Å²) in [5.74, 6) is 1.88. The lowest BCUT2D eigenvalue weighted by atomic mass is 10.0. The molecule has 0 aliphatic carbocycles. The molecule has 2 fully saturated rings. The highest BCUT2D eigenvalue weighted by Crippen LogP contribution is 2.16. The summed E-state index contributed by atoms with van der Waals surface area (Å²) in [6, 6.07) is 0. The fourth-order valence-electron chi connectivity index (χ4n) is 3.11. The Hall–Kier alpha value is -0.610. The molecule has 4 nitrogen and oxygen atoms in total. The van der Waals surface area contributed by atoms with Gasteiger partial charge in [0, 0.05) is 32.6 Å². The smallest absolute Gasteiger partial charge is 0.222 e. The summed E-state index contributed by atoms with van der Waals surface area (Å²) in [5.41, 5.74) is 0. The summed E-state index contributed by atoms with van der Waals surface area (Å²) < 4.78 is 0. The van der Waals surface area contributed by atoms with Crippen molar-refractivity contribution in [3.8, 4) is 0 Å². The molecule has 1 atom stereocenters.